The van der Waals surface area contributed by atoms with E-state index in [1.54, 1.807) is 6.20 Å². The second-order valence-corrected chi connectivity index (χ2v) is 8.28. The summed E-state index contributed by atoms with van der Waals surface area (Å²) in [5.41, 5.74) is 4.92. The van der Waals surface area contributed by atoms with Crippen LogP contribution in [0.5, 0.6) is 23.1 Å². The first-order chi connectivity index (χ1) is 16.3. The summed E-state index contributed by atoms with van der Waals surface area (Å²) in [6.45, 7) is 0. The molecule has 0 spiro atoms. The van der Waals surface area contributed by atoms with Crippen LogP contribution in [-0.4, -0.2) is 14.4 Å². The topological polar surface area (TPSA) is 48.7 Å². The van der Waals surface area contributed by atoms with Crippen molar-refractivity contribution in [3.05, 3.63) is 103 Å². The lowest BCUT2D eigenvalue weighted by Gasteiger charge is -2.18. The third-order valence-electron chi connectivity index (χ3n) is 6.25. The predicted molar refractivity (Wildman–Crippen MR) is 128 cm³/mol. The zero-order chi connectivity index (χ0) is 21.8. The number of aromatic nitrogens is 3. The van der Waals surface area contributed by atoms with Crippen LogP contribution in [0.3, 0.4) is 0 Å². The lowest BCUT2D eigenvalue weighted by atomic mass is 9.97. The molecule has 0 atom stereocenters. The summed E-state index contributed by atoms with van der Waals surface area (Å²) in [5, 5.41) is 3.54. The maximum atomic E-state index is 6.23. The highest BCUT2D eigenvalue weighted by molar-refractivity contribution is 6.13. The van der Waals surface area contributed by atoms with E-state index in [-0.39, 0.29) is 0 Å². The van der Waals surface area contributed by atoms with Crippen LogP contribution in [0, 0.1) is 0 Å². The number of fused-ring (bicyclic) bond motifs is 3. The molecule has 5 nitrogen and oxygen atoms in total. The van der Waals surface area contributed by atoms with Gasteiger partial charge in [0.1, 0.15) is 22.9 Å². The van der Waals surface area contributed by atoms with E-state index in [9.17, 15) is 0 Å². The monoisotopic (exact) mass is 429 g/mol. The van der Waals surface area contributed by atoms with Gasteiger partial charge >= 0.3 is 0 Å². The number of para-hydroxylation sites is 1. The van der Waals surface area contributed by atoms with Crippen LogP contribution in [-0.2, 0) is 12.8 Å². The Labute approximate surface area is 189 Å². The summed E-state index contributed by atoms with van der Waals surface area (Å²) in [4.78, 5) is 9.01. The molecule has 0 saturated heterocycles. The van der Waals surface area contributed by atoms with Crippen molar-refractivity contribution in [2.45, 2.75) is 12.8 Å². The van der Waals surface area contributed by atoms with Crippen LogP contribution in [0.25, 0.3) is 27.3 Å². The highest BCUT2D eigenvalue weighted by atomic mass is 16.5. The molecule has 3 aromatic carbocycles. The molecule has 5 heteroatoms. The maximum absolute atomic E-state index is 6.23. The van der Waals surface area contributed by atoms with E-state index >= 15 is 0 Å². The Hall–Kier alpha value is -4.38. The lowest BCUT2D eigenvalue weighted by Crippen LogP contribution is -2.07. The molecule has 0 radical (unpaired) electrons. The van der Waals surface area contributed by atoms with Gasteiger partial charge in [-0.05, 0) is 60.2 Å². The molecule has 0 fully saturated rings. The summed E-state index contributed by atoms with van der Waals surface area (Å²) in [6, 6.07) is 26.0. The number of benzene rings is 3. The largest absolute Gasteiger partial charge is 0.457 e. The Bertz CT molecular complexity index is 1670. The first-order valence-corrected chi connectivity index (χ1v) is 11.0. The van der Waals surface area contributed by atoms with Crippen molar-refractivity contribution in [3.8, 4) is 23.1 Å². The average molecular weight is 429 g/mol. The van der Waals surface area contributed by atoms with E-state index in [1.807, 2.05) is 54.7 Å². The van der Waals surface area contributed by atoms with E-state index in [2.05, 4.69) is 39.7 Å². The normalized spacial score (nSPS) is 12.6. The first kappa shape index (κ1) is 18.2. The van der Waals surface area contributed by atoms with Crippen molar-refractivity contribution in [1.82, 2.24) is 14.4 Å². The van der Waals surface area contributed by atoms with Gasteiger partial charge in [0.2, 0.25) is 5.88 Å². The summed E-state index contributed by atoms with van der Waals surface area (Å²) in [7, 11) is 0. The summed E-state index contributed by atoms with van der Waals surface area (Å²) < 4.78 is 14.4. The van der Waals surface area contributed by atoms with Gasteiger partial charge in [0.25, 0.3) is 0 Å². The fraction of sp³-hybridized carbons (Fsp3) is 0.0714. The van der Waals surface area contributed by atoms with Crippen LogP contribution < -0.4 is 9.47 Å². The molecule has 0 saturated carbocycles. The van der Waals surface area contributed by atoms with Crippen LogP contribution in [0.4, 0.5) is 0 Å². The molecule has 0 N–H and O–H groups in total. The van der Waals surface area contributed by atoms with Crippen LogP contribution in [0.2, 0.25) is 0 Å². The second-order valence-electron chi connectivity index (χ2n) is 8.28. The van der Waals surface area contributed by atoms with Crippen LogP contribution >= 0.6 is 0 Å². The Balaban J connectivity index is 1.31. The Kier molecular flexibility index (Phi) is 3.90. The SMILES string of the molecule is c1ccc(Oc2cccc(Oc3ccc4c(c3)c3ncc5n3c3c(cccc43)CC5)c2)nc1. The van der Waals surface area contributed by atoms with Crippen LogP contribution in [0.1, 0.15) is 11.3 Å². The molecule has 3 aromatic heterocycles. The number of pyridine rings is 2. The van der Waals surface area contributed by atoms with Gasteiger partial charge in [-0.3, -0.25) is 4.40 Å². The molecule has 0 amide bonds. The van der Waals surface area contributed by atoms with E-state index in [0.717, 1.165) is 29.6 Å². The summed E-state index contributed by atoms with van der Waals surface area (Å²) in [5.74, 6) is 2.68. The Morgan fingerprint density at radius 1 is 0.667 bits per heavy atom. The molecule has 158 valence electrons. The molecule has 4 heterocycles. The third kappa shape index (κ3) is 2.93. The van der Waals surface area contributed by atoms with Crippen molar-refractivity contribution in [2.75, 3.05) is 0 Å². The van der Waals surface area contributed by atoms with Gasteiger partial charge in [0.15, 0.2) is 0 Å². The van der Waals surface area contributed by atoms with E-state index in [1.165, 1.54) is 27.5 Å². The molecule has 1 aliphatic rings. The van der Waals surface area contributed by atoms with E-state index in [0.29, 0.717) is 17.4 Å². The average Bonchev–Trinajstić information content (AvgIpc) is 3.30. The van der Waals surface area contributed by atoms with Crippen molar-refractivity contribution >= 4 is 27.3 Å². The minimum Gasteiger partial charge on any atom is -0.457 e. The number of nitrogens with zero attached hydrogens (tertiary/aromatic N) is 3. The fourth-order valence-corrected chi connectivity index (χ4v) is 4.81. The lowest BCUT2D eigenvalue weighted by molar-refractivity contribution is 0.449. The van der Waals surface area contributed by atoms with Crippen molar-refractivity contribution in [3.63, 3.8) is 0 Å². The minimum absolute atomic E-state index is 0.547. The molecule has 0 aliphatic carbocycles. The van der Waals surface area contributed by atoms with E-state index in [4.69, 9.17) is 14.5 Å². The smallest absolute Gasteiger partial charge is 0.219 e. The standard InChI is InChI=1S/C28H19N3O2/c1-2-14-29-26(9-1)33-21-7-4-6-20(15-21)32-22-12-13-23-24-8-3-5-18-10-11-19-17-30-28(25(23)16-22)31(19)27(18)24/h1-9,12-17H,10-11H2. The Morgan fingerprint density at radius 2 is 1.55 bits per heavy atom. The molecule has 0 bridgehead atoms. The number of hydrogen-bond acceptors (Lipinski definition) is 4. The molecule has 33 heavy (non-hydrogen) atoms. The highest BCUT2D eigenvalue weighted by Crippen LogP contribution is 2.37. The number of aryl methyl sites for hydroxylation is 2. The van der Waals surface area contributed by atoms with Crippen molar-refractivity contribution in [2.24, 2.45) is 0 Å². The molecule has 0 unspecified atom stereocenters. The fourth-order valence-electron chi connectivity index (χ4n) is 4.81. The summed E-state index contributed by atoms with van der Waals surface area (Å²) in [6.07, 6.45) is 5.79. The highest BCUT2D eigenvalue weighted by Gasteiger charge is 2.19. The van der Waals surface area contributed by atoms with Gasteiger partial charge in [-0.25, -0.2) is 9.97 Å². The number of ether oxygens (including phenoxy) is 2. The first-order valence-electron chi connectivity index (χ1n) is 11.0. The molecule has 1 aliphatic heterocycles. The number of hydrogen-bond donors (Lipinski definition) is 0. The van der Waals surface area contributed by atoms with Gasteiger partial charge in [0, 0.05) is 41.0 Å². The number of rotatable bonds is 4. The second kappa shape index (κ2) is 7.07. The summed E-state index contributed by atoms with van der Waals surface area (Å²) >= 11 is 0. The van der Waals surface area contributed by atoms with Gasteiger partial charge in [-0.2, -0.15) is 0 Å². The molecule has 6 aromatic rings. The molecular weight excluding hydrogens is 410 g/mol. The van der Waals surface area contributed by atoms with Gasteiger partial charge in [-0.15, -0.1) is 0 Å². The molecular formula is C28H19N3O2. The van der Waals surface area contributed by atoms with E-state index < -0.39 is 0 Å². The van der Waals surface area contributed by atoms with Crippen molar-refractivity contribution < 1.29 is 9.47 Å². The zero-order valence-corrected chi connectivity index (χ0v) is 17.7. The molecule has 7 rings (SSSR count). The number of imidazole rings is 1. The van der Waals surface area contributed by atoms with Gasteiger partial charge in [0.05, 0.1) is 5.52 Å². The van der Waals surface area contributed by atoms with Crippen LogP contribution in [0.15, 0.2) is 91.3 Å². The third-order valence-corrected chi connectivity index (χ3v) is 6.25. The quantitative estimate of drug-likeness (QED) is 0.292. The maximum Gasteiger partial charge on any atom is 0.219 e. The Morgan fingerprint density at radius 3 is 2.45 bits per heavy atom. The van der Waals surface area contributed by atoms with Crippen molar-refractivity contribution in [1.29, 1.82) is 0 Å². The zero-order valence-electron chi connectivity index (χ0n) is 17.7. The minimum atomic E-state index is 0.547. The van der Waals surface area contributed by atoms with Gasteiger partial charge < -0.3 is 9.47 Å². The predicted octanol–water partition coefficient (Wildman–Crippen LogP) is 6.72. The van der Waals surface area contributed by atoms with Gasteiger partial charge in [-0.1, -0.05) is 30.3 Å².